The maximum atomic E-state index is 13.2. The van der Waals surface area contributed by atoms with Gasteiger partial charge < -0.3 is 10.5 Å². The fraction of sp³-hybridized carbons (Fsp3) is 0.571. The van der Waals surface area contributed by atoms with Gasteiger partial charge in [0.2, 0.25) is 0 Å². The Balaban J connectivity index is 2.06. The molecule has 2 atom stereocenters. The smallest absolute Gasteiger partial charge is 0.389 e. The molecule has 1 aromatic carbocycles. The molecule has 0 fully saturated rings. The summed E-state index contributed by atoms with van der Waals surface area (Å²) in [4.78, 5) is 0. The molecule has 1 aliphatic rings. The number of hydrogen-bond donors (Lipinski definition) is 1. The van der Waals surface area contributed by atoms with Crippen molar-refractivity contribution >= 4 is 0 Å². The summed E-state index contributed by atoms with van der Waals surface area (Å²) in [6.45, 7) is 1.75. The fourth-order valence-corrected chi connectivity index (χ4v) is 2.60. The zero-order valence-electron chi connectivity index (χ0n) is 11.1. The molecule has 0 bridgehead atoms. The minimum absolute atomic E-state index is 0.0107. The van der Waals surface area contributed by atoms with E-state index in [-0.39, 0.29) is 12.8 Å². The number of halogens is 4. The van der Waals surface area contributed by atoms with Gasteiger partial charge in [-0.15, -0.1) is 0 Å². The second-order valence-electron chi connectivity index (χ2n) is 5.51. The van der Waals surface area contributed by atoms with Crippen LogP contribution in [0.4, 0.5) is 17.6 Å². The largest absolute Gasteiger partial charge is 0.487 e. The van der Waals surface area contributed by atoms with E-state index in [0.29, 0.717) is 17.7 Å². The van der Waals surface area contributed by atoms with Gasteiger partial charge in [0.25, 0.3) is 0 Å². The highest BCUT2D eigenvalue weighted by Gasteiger charge is 2.37. The molecule has 20 heavy (non-hydrogen) atoms. The first kappa shape index (κ1) is 15.1. The van der Waals surface area contributed by atoms with Crippen LogP contribution in [0.5, 0.6) is 5.75 Å². The first-order valence-corrected chi connectivity index (χ1v) is 6.49. The molecule has 0 amide bonds. The number of benzene rings is 1. The molecule has 0 spiro atoms. The van der Waals surface area contributed by atoms with E-state index in [9.17, 15) is 17.6 Å². The SMILES string of the molecule is CC1(CCCC(F)(F)F)CC(N)c2cc(F)ccc2O1. The Morgan fingerprint density at radius 2 is 2.10 bits per heavy atom. The van der Waals surface area contributed by atoms with E-state index in [2.05, 4.69) is 0 Å². The van der Waals surface area contributed by atoms with Gasteiger partial charge in [0.1, 0.15) is 17.2 Å². The van der Waals surface area contributed by atoms with Crippen LogP contribution in [0.25, 0.3) is 0 Å². The average molecular weight is 291 g/mol. The van der Waals surface area contributed by atoms with E-state index in [4.69, 9.17) is 10.5 Å². The highest BCUT2D eigenvalue weighted by molar-refractivity contribution is 5.39. The Labute approximate surface area is 114 Å². The minimum Gasteiger partial charge on any atom is -0.487 e. The lowest BCUT2D eigenvalue weighted by molar-refractivity contribution is -0.137. The first-order valence-electron chi connectivity index (χ1n) is 6.49. The molecule has 1 aliphatic heterocycles. The van der Waals surface area contributed by atoms with E-state index in [0.717, 1.165) is 0 Å². The van der Waals surface area contributed by atoms with Crippen LogP contribution in [0.15, 0.2) is 18.2 Å². The van der Waals surface area contributed by atoms with Crippen LogP contribution in [0.1, 0.15) is 44.2 Å². The van der Waals surface area contributed by atoms with Crippen LogP contribution in [0, 0.1) is 5.82 Å². The lowest BCUT2D eigenvalue weighted by Crippen LogP contribution is -2.40. The summed E-state index contributed by atoms with van der Waals surface area (Å²) >= 11 is 0. The van der Waals surface area contributed by atoms with Crippen LogP contribution in [0.2, 0.25) is 0 Å². The van der Waals surface area contributed by atoms with Crippen LogP contribution >= 0.6 is 0 Å². The number of rotatable bonds is 3. The predicted octanol–water partition coefficient (Wildman–Crippen LogP) is 4.10. The molecule has 0 saturated heterocycles. The zero-order valence-corrected chi connectivity index (χ0v) is 11.1. The molecule has 112 valence electrons. The van der Waals surface area contributed by atoms with Crippen molar-refractivity contribution in [3.05, 3.63) is 29.6 Å². The van der Waals surface area contributed by atoms with Crippen molar-refractivity contribution in [3.8, 4) is 5.75 Å². The van der Waals surface area contributed by atoms with Gasteiger partial charge in [-0.1, -0.05) is 0 Å². The van der Waals surface area contributed by atoms with Crippen LogP contribution < -0.4 is 10.5 Å². The molecule has 2 N–H and O–H groups in total. The van der Waals surface area contributed by atoms with Crippen molar-refractivity contribution in [2.45, 2.75) is 50.4 Å². The van der Waals surface area contributed by atoms with Crippen molar-refractivity contribution < 1.29 is 22.3 Å². The molecule has 2 nitrogen and oxygen atoms in total. The lowest BCUT2D eigenvalue weighted by Gasteiger charge is -2.39. The maximum absolute atomic E-state index is 13.2. The van der Waals surface area contributed by atoms with Crippen LogP contribution in [-0.2, 0) is 0 Å². The van der Waals surface area contributed by atoms with Gasteiger partial charge in [0, 0.05) is 24.4 Å². The number of fused-ring (bicyclic) bond motifs is 1. The molecule has 2 rings (SSSR count). The molecular weight excluding hydrogens is 274 g/mol. The summed E-state index contributed by atoms with van der Waals surface area (Å²) in [6.07, 6.45) is -4.37. The Kier molecular flexibility index (Phi) is 3.95. The third-order valence-electron chi connectivity index (χ3n) is 3.55. The Bertz CT molecular complexity index is 489. The zero-order chi connectivity index (χ0) is 15.0. The van der Waals surface area contributed by atoms with E-state index >= 15 is 0 Å². The third-order valence-corrected chi connectivity index (χ3v) is 3.55. The van der Waals surface area contributed by atoms with Crippen molar-refractivity contribution in [2.75, 3.05) is 0 Å². The van der Waals surface area contributed by atoms with Gasteiger partial charge in [0.05, 0.1) is 0 Å². The summed E-state index contributed by atoms with van der Waals surface area (Å²) in [5, 5.41) is 0. The number of nitrogens with two attached hydrogens (primary N) is 1. The lowest BCUT2D eigenvalue weighted by atomic mass is 9.85. The third kappa shape index (κ3) is 3.62. The van der Waals surface area contributed by atoms with E-state index < -0.39 is 30.1 Å². The first-order chi connectivity index (χ1) is 9.19. The summed E-state index contributed by atoms with van der Waals surface area (Å²) in [5.41, 5.74) is 5.81. The monoisotopic (exact) mass is 291 g/mol. The number of hydrogen-bond acceptors (Lipinski definition) is 2. The molecule has 0 saturated carbocycles. The van der Waals surface area contributed by atoms with E-state index in [1.807, 2.05) is 0 Å². The van der Waals surface area contributed by atoms with Gasteiger partial charge in [-0.25, -0.2) is 4.39 Å². The van der Waals surface area contributed by atoms with Gasteiger partial charge in [-0.3, -0.25) is 0 Å². The Hall–Kier alpha value is -1.30. The fourth-order valence-electron chi connectivity index (χ4n) is 2.60. The predicted molar refractivity (Wildman–Crippen MR) is 66.9 cm³/mol. The van der Waals surface area contributed by atoms with E-state index in [1.54, 1.807) is 6.92 Å². The summed E-state index contributed by atoms with van der Waals surface area (Å²) < 4.78 is 55.5. The summed E-state index contributed by atoms with van der Waals surface area (Å²) in [7, 11) is 0. The van der Waals surface area contributed by atoms with Gasteiger partial charge in [-0.05, 0) is 38.0 Å². The number of ether oxygens (including phenoxy) is 1. The quantitative estimate of drug-likeness (QED) is 0.851. The van der Waals surface area contributed by atoms with Crippen molar-refractivity contribution in [2.24, 2.45) is 5.73 Å². The summed E-state index contributed by atoms with van der Waals surface area (Å²) in [6, 6.07) is 3.62. The van der Waals surface area contributed by atoms with Crippen LogP contribution in [0.3, 0.4) is 0 Å². The Morgan fingerprint density at radius 1 is 1.40 bits per heavy atom. The van der Waals surface area contributed by atoms with E-state index in [1.165, 1.54) is 18.2 Å². The average Bonchev–Trinajstić information content (AvgIpc) is 2.28. The summed E-state index contributed by atoms with van der Waals surface area (Å²) in [5.74, 6) is 0.0585. The molecule has 1 aromatic rings. The van der Waals surface area contributed by atoms with Crippen molar-refractivity contribution in [1.82, 2.24) is 0 Å². The maximum Gasteiger partial charge on any atom is 0.389 e. The topological polar surface area (TPSA) is 35.2 Å². The molecule has 2 unspecified atom stereocenters. The van der Waals surface area contributed by atoms with Crippen molar-refractivity contribution in [3.63, 3.8) is 0 Å². The normalized spacial score (nSPS) is 26.0. The second kappa shape index (κ2) is 5.24. The molecule has 1 heterocycles. The minimum atomic E-state index is -4.16. The standard InChI is InChI=1S/C14H17F4NO/c1-13(5-2-6-14(16,17)18)8-11(19)10-7-9(15)3-4-12(10)20-13/h3-4,7,11H,2,5-6,8,19H2,1H3. The van der Waals surface area contributed by atoms with Gasteiger partial charge in [-0.2, -0.15) is 13.2 Å². The second-order valence-corrected chi connectivity index (χ2v) is 5.51. The molecule has 0 radical (unpaired) electrons. The highest BCUT2D eigenvalue weighted by atomic mass is 19.4. The van der Waals surface area contributed by atoms with Crippen LogP contribution in [-0.4, -0.2) is 11.8 Å². The number of alkyl halides is 3. The highest BCUT2D eigenvalue weighted by Crippen LogP contribution is 2.41. The Morgan fingerprint density at radius 3 is 2.75 bits per heavy atom. The van der Waals surface area contributed by atoms with Gasteiger partial charge in [0.15, 0.2) is 0 Å². The molecule has 0 aromatic heterocycles. The van der Waals surface area contributed by atoms with Gasteiger partial charge >= 0.3 is 6.18 Å². The molecular formula is C14H17F4NO. The van der Waals surface area contributed by atoms with Crippen molar-refractivity contribution in [1.29, 1.82) is 0 Å². The molecule has 6 heteroatoms. The molecule has 0 aliphatic carbocycles.